The molecule has 5 atom stereocenters. The maximum Gasteiger partial charge on any atom is 0.303 e. The molecule has 1 aliphatic carbocycles. The summed E-state index contributed by atoms with van der Waals surface area (Å²) in [5.41, 5.74) is 0. The molecule has 2 rings (SSSR count). The number of carboxylic acids is 1. The van der Waals surface area contributed by atoms with Crippen LogP contribution in [0, 0.1) is 11.8 Å². The number of aliphatic carboxylic acids is 1. The normalized spacial score (nSPS) is 29.2. The minimum Gasteiger partial charge on any atom is -0.481 e. The van der Waals surface area contributed by atoms with E-state index in [4.69, 9.17) is 20.1 Å². The van der Waals surface area contributed by atoms with E-state index in [0.717, 1.165) is 44.9 Å². The molecule has 0 aromatic heterocycles. The molecule has 2 N–H and O–H groups in total. The van der Waals surface area contributed by atoms with E-state index in [1.807, 2.05) is 6.08 Å². The quantitative estimate of drug-likeness (QED) is 0.215. The van der Waals surface area contributed by atoms with E-state index in [1.165, 1.54) is 0 Å². The lowest BCUT2D eigenvalue weighted by atomic mass is 9.89. The van der Waals surface area contributed by atoms with Gasteiger partial charge in [0.25, 0.3) is 0 Å². The second-order valence-corrected chi connectivity index (χ2v) is 7.26. The van der Waals surface area contributed by atoms with Crippen molar-refractivity contribution in [3.8, 4) is 0 Å². The zero-order valence-corrected chi connectivity index (χ0v) is 15.6. The summed E-state index contributed by atoms with van der Waals surface area (Å²) in [5, 5.41) is 17.8. The first-order valence-electron chi connectivity index (χ1n) is 9.83. The van der Waals surface area contributed by atoms with Crippen LogP contribution < -0.4 is 0 Å². The highest BCUT2D eigenvalue weighted by atomic mass is 17.2. The molecule has 6 heteroatoms. The monoisotopic (exact) mass is 368 g/mol. The second-order valence-electron chi connectivity index (χ2n) is 7.26. The van der Waals surface area contributed by atoms with Crippen LogP contribution in [0.2, 0.25) is 0 Å². The van der Waals surface area contributed by atoms with E-state index in [1.54, 1.807) is 0 Å². The summed E-state index contributed by atoms with van der Waals surface area (Å²) < 4.78 is 0. The zero-order chi connectivity index (χ0) is 18.8. The molecule has 2 aliphatic rings. The third-order valence-electron chi connectivity index (χ3n) is 5.28. The summed E-state index contributed by atoms with van der Waals surface area (Å²) in [6.45, 7) is 2.15. The number of hydrogen-bond acceptors (Lipinski definition) is 5. The highest BCUT2D eigenvalue weighted by Crippen LogP contribution is 2.44. The van der Waals surface area contributed by atoms with Crippen LogP contribution in [0.1, 0.15) is 64.7 Å². The van der Waals surface area contributed by atoms with Crippen LogP contribution in [-0.2, 0) is 19.5 Å². The van der Waals surface area contributed by atoms with Crippen LogP contribution in [0.3, 0.4) is 0 Å². The third-order valence-corrected chi connectivity index (χ3v) is 5.28. The lowest BCUT2D eigenvalue weighted by Crippen LogP contribution is -2.29. The van der Waals surface area contributed by atoms with Crippen LogP contribution in [0.15, 0.2) is 24.3 Å². The molecule has 1 heterocycles. The average Bonchev–Trinajstić information content (AvgIpc) is 3.22. The van der Waals surface area contributed by atoms with Crippen LogP contribution in [0.4, 0.5) is 0 Å². The standard InChI is InChI=1S/C20H32O6/c1-2-3-6-9-15(24-23)12-13-17-16(18-14-19(17)26-25-18)10-7-4-5-8-11-20(21)22/h4,7,12-13,15-19,23H,2-3,5-6,8-11,14H2,1H3,(H,21,22)/b7-4-,13-12+/t15-,16+,17-,18+,19-/m1/s1. The van der Waals surface area contributed by atoms with Gasteiger partial charge in [-0.15, -0.1) is 0 Å². The van der Waals surface area contributed by atoms with Gasteiger partial charge in [0.15, 0.2) is 0 Å². The fraction of sp³-hybridized carbons (Fsp3) is 0.750. The molecule has 0 unspecified atom stereocenters. The number of hydrogen-bond donors (Lipinski definition) is 2. The van der Waals surface area contributed by atoms with E-state index < -0.39 is 5.97 Å². The van der Waals surface area contributed by atoms with Crippen molar-refractivity contribution in [2.75, 3.05) is 0 Å². The Bertz CT molecular complexity index is 475. The Kier molecular flexibility index (Phi) is 9.32. The van der Waals surface area contributed by atoms with Gasteiger partial charge in [-0.25, -0.2) is 14.7 Å². The molecule has 148 valence electrons. The number of rotatable bonds is 13. The van der Waals surface area contributed by atoms with Gasteiger partial charge >= 0.3 is 5.97 Å². The zero-order valence-electron chi connectivity index (χ0n) is 15.6. The molecule has 1 saturated carbocycles. The minimum absolute atomic E-state index is 0.0663. The molecule has 0 radical (unpaired) electrons. The molecule has 1 saturated heterocycles. The molecule has 0 amide bonds. The number of carboxylic acid groups (broad SMARTS) is 1. The van der Waals surface area contributed by atoms with E-state index in [2.05, 4.69) is 30.0 Å². The fourth-order valence-corrected chi connectivity index (χ4v) is 3.79. The Balaban J connectivity index is 1.82. The summed E-state index contributed by atoms with van der Waals surface area (Å²) in [7, 11) is 0. The molecule has 26 heavy (non-hydrogen) atoms. The highest BCUT2D eigenvalue weighted by Gasteiger charge is 2.49. The highest BCUT2D eigenvalue weighted by molar-refractivity contribution is 5.66. The van der Waals surface area contributed by atoms with E-state index in [9.17, 15) is 4.79 Å². The van der Waals surface area contributed by atoms with Crippen LogP contribution in [0.25, 0.3) is 0 Å². The maximum absolute atomic E-state index is 10.5. The van der Waals surface area contributed by atoms with E-state index in [0.29, 0.717) is 12.3 Å². The van der Waals surface area contributed by atoms with Gasteiger partial charge in [0, 0.05) is 24.7 Å². The van der Waals surface area contributed by atoms with Gasteiger partial charge in [0.2, 0.25) is 0 Å². The largest absolute Gasteiger partial charge is 0.481 e. The first-order valence-corrected chi connectivity index (χ1v) is 9.83. The molecule has 6 nitrogen and oxygen atoms in total. The summed E-state index contributed by atoms with van der Waals surface area (Å²) in [5.74, 6) is -0.154. The minimum atomic E-state index is -0.748. The molecule has 0 aromatic carbocycles. The maximum atomic E-state index is 10.5. The van der Waals surface area contributed by atoms with Crippen molar-refractivity contribution in [3.63, 3.8) is 0 Å². The topological polar surface area (TPSA) is 85.2 Å². The Morgan fingerprint density at radius 1 is 1.23 bits per heavy atom. The summed E-state index contributed by atoms with van der Waals surface area (Å²) in [6.07, 6.45) is 15.7. The average molecular weight is 368 g/mol. The van der Waals surface area contributed by atoms with Crippen molar-refractivity contribution in [3.05, 3.63) is 24.3 Å². The fourth-order valence-electron chi connectivity index (χ4n) is 3.79. The Hall–Kier alpha value is -1.21. The van der Waals surface area contributed by atoms with Gasteiger partial charge in [0.05, 0.1) is 6.10 Å². The Morgan fingerprint density at radius 2 is 2.04 bits per heavy atom. The second kappa shape index (κ2) is 11.5. The molecule has 0 aromatic rings. The molecular weight excluding hydrogens is 336 g/mol. The number of unbranched alkanes of at least 4 members (excludes halogenated alkanes) is 3. The van der Waals surface area contributed by atoms with E-state index >= 15 is 0 Å². The number of fused-ring (bicyclic) bond motifs is 2. The van der Waals surface area contributed by atoms with Crippen molar-refractivity contribution < 1.29 is 29.8 Å². The lowest BCUT2D eigenvalue weighted by molar-refractivity contribution is -0.336. The van der Waals surface area contributed by atoms with Crippen molar-refractivity contribution in [2.24, 2.45) is 11.8 Å². The van der Waals surface area contributed by atoms with Crippen molar-refractivity contribution in [1.82, 2.24) is 0 Å². The van der Waals surface area contributed by atoms with Crippen molar-refractivity contribution >= 4 is 5.97 Å². The lowest BCUT2D eigenvalue weighted by Gasteiger charge is -2.27. The van der Waals surface area contributed by atoms with Gasteiger partial charge in [-0.1, -0.05) is 50.5 Å². The number of carbonyl (C=O) groups is 1. The van der Waals surface area contributed by atoms with E-state index in [-0.39, 0.29) is 30.7 Å². The summed E-state index contributed by atoms with van der Waals surface area (Å²) in [4.78, 5) is 25.9. The first-order chi connectivity index (χ1) is 12.7. The molecule has 2 fully saturated rings. The SMILES string of the molecule is CCCCC[C@H](/C=C/[C@@H]1[C@H](C/C=C\CCCC(=O)O)[C@@H]2C[C@H]1OO2)OO. The van der Waals surface area contributed by atoms with Crippen LogP contribution >= 0.6 is 0 Å². The smallest absolute Gasteiger partial charge is 0.303 e. The third kappa shape index (κ3) is 6.50. The molecule has 1 aliphatic heterocycles. The van der Waals surface area contributed by atoms with Gasteiger partial charge in [-0.3, -0.25) is 10.1 Å². The first kappa shape index (κ1) is 21.1. The molecular formula is C20H32O6. The van der Waals surface area contributed by atoms with Crippen molar-refractivity contribution in [1.29, 1.82) is 0 Å². The van der Waals surface area contributed by atoms with Gasteiger partial charge < -0.3 is 5.11 Å². The number of allylic oxidation sites excluding steroid dienone is 2. The van der Waals surface area contributed by atoms with Crippen LogP contribution in [0.5, 0.6) is 0 Å². The predicted molar refractivity (Wildman–Crippen MR) is 97.4 cm³/mol. The van der Waals surface area contributed by atoms with Gasteiger partial charge in [-0.2, -0.15) is 0 Å². The Labute approximate surface area is 155 Å². The molecule has 2 bridgehead atoms. The van der Waals surface area contributed by atoms with Crippen LogP contribution in [-0.4, -0.2) is 34.6 Å². The van der Waals surface area contributed by atoms with Gasteiger partial charge in [-0.05, 0) is 25.7 Å². The summed E-state index contributed by atoms with van der Waals surface area (Å²) >= 11 is 0. The van der Waals surface area contributed by atoms with Crippen molar-refractivity contribution in [2.45, 2.75) is 83.0 Å². The van der Waals surface area contributed by atoms with Gasteiger partial charge in [0.1, 0.15) is 12.2 Å². The predicted octanol–water partition coefficient (Wildman–Crippen LogP) is 4.52. The molecule has 0 spiro atoms. The summed E-state index contributed by atoms with van der Waals surface area (Å²) in [6, 6.07) is 0. The Morgan fingerprint density at radius 3 is 2.77 bits per heavy atom.